The fraction of sp³-hybridized carbons (Fsp3) is 0.412. The number of fused-ring (bicyclic) bond motifs is 1. The summed E-state index contributed by atoms with van der Waals surface area (Å²) in [7, 11) is 0. The number of aromatic hydroxyl groups is 1. The van der Waals surface area contributed by atoms with E-state index in [-0.39, 0.29) is 12.3 Å². The van der Waals surface area contributed by atoms with Gasteiger partial charge in [0.1, 0.15) is 11.4 Å². The first-order valence-corrected chi connectivity index (χ1v) is 8.12. The average molecular weight is 329 g/mol. The van der Waals surface area contributed by atoms with Crippen molar-refractivity contribution in [1.29, 1.82) is 0 Å². The van der Waals surface area contributed by atoms with Crippen LogP contribution >= 0.6 is 0 Å². The van der Waals surface area contributed by atoms with E-state index in [0.717, 1.165) is 29.9 Å². The van der Waals surface area contributed by atoms with Gasteiger partial charge in [0.05, 0.1) is 18.3 Å². The van der Waals surface area contributed by atoms with E-state index in [1.165, 1.54) is 0 Å². The van der Waals surface area contributed by atoms with E-state index in [4.69, 9.17) is 5.73 Å². The zero-order chi connectivity index (χ0) is 17.1. The number of allylic oxidation sites excluding steroid dienone is 1. The summed E-state index contributed by atoms with van der Waals surface area (Å²) in [6.07, 6.45) is 5.31. The van der Waals surface area contributed by atoms with Gasteiger partial charge in [-0.05, 0) is 38.0 Å². The van der Waals surface area contributed by atoms with Crippen LogP contribution in [0.1, 0.15) is 29.2 Å². The van der Waals surface area contributed by atoms with Gasteiger partial charge in [-0.3, -0.25) is 4.98 Å². The minimum absolute atomic E-state index is 0.169. The highest BCUT2D eigenvalue weighted by Crippen LogP contribution is 2.26. The van der Waals surface area contributed by atoms with Gasteiger partial charge in [0.25, 0.3) is 0 Å². The van der Waals surface area contributed by atoms with Crippen molar-refractivity contribution < 1.29 is 10.2 Å². The van der Waals surface area contributed by atoms with E-state index in [1.54, 1.807) is 12.1 Å². The number of nitrogens with two attached hydrogens (primary N) is 1. The molecule has 0 amide bonds. The Morgan fingerprint density at radius 3 is 3.00 bits per heavy atom. The molecule has 0 bridgehead atoms. The molecule has 0 saturated carbocycles. The number of nitrogens with one attached hydrogen (secondary N) is 1. The van der Waals surface area contributed by atoms with Crippen molar-refractivity contribution >= 4 is 12.0 Å². The van der Waals surface area contributed by atoms with E-state index < -0.39 is 6.10 Å². The Balaban J connectivity index is 1.93. The summed E-state index contributed by atoms with van der Waals surface area (Å²) in [5.74, 6) is 0.823. The molecule has 0 aliphatic heterocycles. The molecule has 2 aromatic heterocycles. The zero-order valence-electron chi connectivity index (χ0n) is 13.7. The second-order valence-corrected chi connectivity index (χ2v) is 5.98. The number of aromatic nitrogens is 3. The molecule has 5 N–H and O–H groups in total. The summed E-state index contributed by atoms with van der Waals surface area (Å²) in [5.41, 5.74) is 8.93. The van der Waals surface area contributed by atoms with Crippen molar-refractivity contribution in [3.8, 4) is 5.75 Å². The number of nitrogens with zero attached hydrogens (tertiary/aromatic N) is 3. The third-order valence-electron chi connectivity index (χ3n) is 4.09. The number of imidazole rings is 1. The summed E-state index contributed by atoms with van der Waals surface area (Å²) >= 11 is 0. The van der Waals surface area contributed by atoms with Gasteiger partial charge in [0.15, 0.2) is 0 Å². The molecule has 24 heavy (non-hydrogen) atoms. The van der Waals surface area contributed by atoms with Crippen LogP contribution in [0, 0.1) is 6.92 Å². The summed E-state index contributed by atoms with van der Waals surface area (Å²) in [6, 6.07) is 3.44. The van der Waals surface area contributed by atoms with E-state index in [0.29, 0.717) is 24.7 Å². The predicted octanol–water partition coefficient (Wildman–Crippen LogP) is 1.03. The number of aliphatic hydroxyl groups is 1. The topological polar surface area (TPSA) is 109 Å². The average Bonchev–Trinajstić information content (AvgIpc) is 2.93. The smallest absolute Gasteiger partial charge is 0.204 e. The maximum Gasteiger partial charge on any atom is 0.204 e. The standard InChI is InChI=1S/C17H23N5O2/c1-11-6-7-16(24)14(20-11)10-22-15-5-3-2-4-13(15)21-17(22)19-9-12(23)8-18/h2,4,6-7,12,23-24H,3,5,8-10,18H2,1H3,(H,19,21). The van der Waals surface area contributed by atoms with Crippen LogP contribution in [0.2, 0.25) is 0 Å². The van der Waals surface area contributed by atoms with Crippen LogP contribution in [0.5, 0.6) is 5.75 Å². The molecule has 0 radical (unpaired) electrons. The van der Waals surface area contributed by atoms with Crippen LogP contribution in [-0.4, -0.2) is 43.9 Å². The Morgan fingerprint density at radius 2 is 2.21 bits per heavy atom. The Bertz CT molecular complexity index is 754. The molecule has 2 aromatic rings. The maximum atomic E-state index is 10.1. The normalized spacial score (nSPS) is 14.5. The summed E-state index contributed by atoms with van der Waals surface area (Å²) in [4.78, 5) is 9.04. The lowest BCUT2D eigenvalue weighted by molar-refractivity contribution is 0.195. The molecule has 3 rings (SSSR count). The Hall–Kier alpha value is -2.38. The molecular weight excluding hydrogens is 306 g/mol. The number of anilines is 1. The van der Waals surface area contributed by atoms with Crippen molar-refractivity contribution in [1.82, 2.24) is 14.5 Å². The molecule has 128 valence electrons. The first-order valence-electron chi connectivity index (χ1n) is 8.12. The SMILES string of the molecule is Cc1ccc(O)c(Cn2c(NCC(O)CN)nc3c2CCC=C3)n1. The molecule has 0 spiro atoms. The third-order valence-corrected chi connectivity index (χ3v) is 4.09. The Morgan fingerprint density at radius 1 is 1.38 bits per heavy atom. The molecule has 7 nitrogen and oxygen atoms in total. The largest absolute Gasteiger partial charge is 0.506 e. The highest BCUT2D eigenvalue weighted by Gasteiger charge is 2.19. The van der Waals surface area contributed by atoms with Gasteiger partial charge in [0.2, 0.25) is 5.95 Å². The number of pyridine rings is 1. The summed E-state index contributed by atoms with van der Waals surface area (Å²) < 4.78 is 2.02. The van der Waals surface area contributed by atoms with Crippen LogP contribution in [0.3, 0.4) is 0 Å². The first-order chi connectivity index (χ1) is 11.6. The second kappa shape index (κ2) is 7.02. The van der Waals surface area contributed by atoms with Crippen molar-refractivity contribution in [3.63, 3.8) is 0 Å². The highest BCUT2D eigenvalue weighted by atomic mass is 16.3. The summed E-state index contributed by atoms with van der Waals surface area (Å²) in [5, 5.41) is 22.9. The monoisotopic (exact) mass is 329 g/mol. The van der Waals surface area contributed by atoms with Gasteiger partial charge >= 0.3 is 0 Å². The molecule has 0 saturated heterocycles. The minimum atomic E-state index is -0.631. The number of hydrogen-bond acceptors (Lipinski definition) is 6. The van der Waals surface area contributed by atoms with Gasteiger partial charge in [0, 0.05) is 24.5 Å². The molecule has 0 aromatic carbocycles. The van der Waals surface area contributed by atoms with E-state index in [2.05, 4.69) is 21.4 Å². The molecule has 1 aliphatic carbocycles. The van der Waals surface area contributed by atoms with Crippen molar-refractivity contribution in [3.05, 3.63) is 41.0 Å². The quantitative estimate of drug-likeness (QED) is 0.630. The molecule has 1 atom stereocenters. The third kappa shape index (κ3) is 3.42. The van der Waals surface area contributed by atoms with Crippen molar-refractivity contribution in [2.45, 2.75) is 32.4 Å². The number of aryl methyl sites for hydroxylation is 1. The molecule has 1 unspecified atom stereocenters. The summed E-state index contributed by atoms with van der Waals surface area (Å²) in [6.45, 7) is 2.83. The zero-order valence-corrected chi connectivity index (χ0v) is 13.7. The molecule has 1 aliphatic rings. The van der Waals surface area contributed by atoms with Crippen LogP contribution < -0.4 is 11.1 Å². The fourth-order valence-electron chi connectivity index (χ4n) is 2.78. The number of aliphatic hydroxyl groups excluding tert-OH is 1. The van der Waals surface area contributed by atoms with Gasteiger partial charge < -0.3 is 25.8 Å². The molecule has 2 heterocycles. The van der Waals surface area contributed by atoms with Crippen molar-refractivity contribution in [2.75, 3.05) is 18.4 Å². The Labute approximate surface area is 140 Å². The maximum absolute atomic E-state index is 10.1. The number of rotatable bonds is 6. The second-order valence-electron chi connectivity index (χ2n) is 5.98. The molecule has 7 heteroatoms. The fourth-order valence-corrected chi connectivity index (χ4v) is 2.78. The first kappa shape index (κ1) is 16.5. The molecule has 0 fully saturated rings. The van der Waals surface area contributed by atoms with Crippen LogP contribution in [0.4, 0.5) is 5.95 Å². The number of hydrogen-bond donors (Lipinski definition) is 4. The predicted molar refractivity (Wildman–Crippen MR) is 92.9 cm³/mol. The van der Waals surface area contributed by atoms with Crippen LogP contribution in [0.25, 0.3) is 6.08 Å². The van der Waals surface area contributed by atoms with E-state index >= 15 is 0 Å². The lowest BCUT2D eigenvalue weighted by atomic mass is 10.1. The molecular formula is C17H23N5O2. The lowest BCUT2D eigenvalue weighted by Gasteiger charge is -2.16. The van der Waals surface area contributed by atoms with Gasteiger partial charge in [-0.2, -0.15) is 0 Å². The van der Waals surface area contributed by atoms with Gasteiger partial charge in [-0.25, -0.2) is 4.98 Å². The van der Waals surface area contributed by atoms with E-state index in [9.17, 15) is 10.2 Å². The Kier molecular flexibility index (Phi) is 4.82. The van der Waals surface area contributed by atoms with Crippen molar-refractivity contribution in [2.24, 2.45) is 5.73 Å². The van der Waals surface area contributed by atoms with Gasteiger partial charge in [-0.1, -0.05) is 6.08 Å². The lowest BCUT2D eigenvalue weighted by Crippen LogP contribution is -2.28. The van der Waals surface area contributed by atoms with Crippen LogP contribution in [0.15, 0.2) is 18.2 Å². The highest BCUT2D eigenvalue weighted by molar-refractivity contribution is 5.55. The minimum Gasteiger partial charge on any atom is -0.506 e. The van der Waals surface area contributed by atoms with Gasteiger partial charge in [-0.15, -0.1) is 0 Å². The van der Waals surface area contributed by atoms with Crippen LogP contribution in [-0.2, 0) is 13.0 Å². The van der Waals surface area contributed by atoms with E-state index in [1.807, 2.05) is 17.6 Å².